The summed E-state index contributed by atoms with van der Waals surface area (Å²) in [5.41, 5.74) is 5.58. The summed E-state index contributed by atoms with van der Waals surface area (Å²) in [5, 5.41) is 2.49. The van der Waals surface area contributed by atoms with E-state index in [0.717, 1.165) is 0 Å². The van der Waals surface area contributed by atoms with E-state index in [2.05, 4.69) is 10.1 Å². The first kappa shape index (κ1) is 20.4. The third-order valence-electron chi connectivity index (χ3n) is 3.41. The number of amides is 2. The lowest BCUT2D eigenvalue weighted by atomic mass is 10.2. The molecule has 0 fully saturated rings. The van der Waals surface area contributed by atoms with Crippen LogP contribution in [0.25, 0.3) is 0 Å². The highest BCUT2D eigenvalue weighted by Crippen LogP contribution is 2.16. The van der Waals surface area contributed by atoms with E-state index < -0.39 is 30.4 Å². The third kappa shape index (κ3) is 5.84. The molecular weight excluding hydrogens is 368 g/mol. The summed E-state index contributed by atoms with van der Waals surface area (Å²) in [7, 11) is 1.23. The predicted molar refractivity (Wildman–Crippen MR) is 97.8 cm³/mol. The fourth-order valence-electron chi connectivity index (χ4n) is 2.12. The molecule has 0 bridgehead atoms. The van der Waals surface area contributed by atoms with Crippen LogP contribution in [-0.2, 0) is 19.1 Å². The molecule has 2 aromatic rings. The van der Waals surface area contributed by atoms with Gasteiger partial charge in [-0.15, -0.1) is 0 Å². The van der Waals surface area contributed by atoms with Gasteiger partial charge in [0.15, 0.2) is 13.2 Å². The molecule has 2 amide bonds. The molecule has 0 spiro atoms. The maximum Gasteiger partial charge on any atom is 0.339 e. The number of para-hydroxylation sites is 1. The Kier molecular flexibility index (Phi) is 7.09. The molecule has 3 N–H and O–H groups in total. The molecule has 2 rings (SSSR count). The Hall–Kier alpha value is -3.88. The predicted octanol–water partition coefficient (Wildman–Crippen LogP) is 1.13. The molecule has 0 heterocycles. The van der Waals surface area contributed by atoms with Crippen LogP contribution in [0.3, 0.4) is 0 Å². The molecular formula is C19H18N2O7. The SMILES string of the molecule is COC(=O)c1ccccc1NC(=O)COC(=O)c1ccc(OCC(N)=O)cc1. The van der Waals surface area contributed by atoms with Crippen LogP contribution in [0.5, 0.6) is 5.75 Å². The standard InChI is InChI=1S/C19H18N2O7/c1-26-19(25)14-4-2-3-5-15(14)21-17(23)11-28-18(24)12-6-8-13(9-7-12)27-10-16(20)22/h2-9H,10-11H2,1H3,(H2,20,22)(H,21,23). The second-order valence-corrected chi connectivity index (χ2v) is 5.44. The minimum absolute atomic E-state index is 0.177. The first-order chi connectivity index (χ1) is 13.4. The number of ether oxygens (including phenoxy) is 3. The normalized spacial score (nSPS) is 9.89. The summed E-state index contributed by atoms with van der Waals surface area (Å²) in [4.78, 5) is 46.4. The van der Waals surface area contributed by atoms with Crippen LogP contribution in [0, 0.1) is 0 Å². The van der Waals surface area contributed by atoms with E-state index in [4.69, 9.17) is 15.2 Å². The third-order valence-corrected chi connectivity index (χ3v) is 3.41. The molecule has 0 aliphatic rings. The number of esters is 2. The molecule has 0 saturated carbocycles. The van der Waals surface area contributed by atoms with Gasteiger partial charge in [0.25, 0.3) is 11.8 Å². The molecule has 9 heteroatoms. The zero-order valence-electron chi connectivity index (χ0n) is 15.0. The molecule has 146 valence electrons. The molecule has 0 radical (unpaired) electrons. The van der Waals surface area contributed by atoms with Crippen molar-refractivity contribution in [3.63, 3.8) is 0 Å². The van der Waals surface area contributed by atoms with Gasteiger partial charge in [-0.1, -0.05) is 12.1 Å². The quantitative estimate of drug-likeness (QED) is 0.650. The summed E-state index contributed by atoms with van der Waals surface area (Å²) < 4.78 is 14.7. The van der Waals surface area contributed by atoms with Gasteiger partial charge in [-0.3, -0.25) is 9.59 Å². The Morgan fingerprint density at radius 2 is 1.61 bits per heavy atom. The molecule has 0 aliphatic heterocycles. The molecule has 0 saturated heterocycles. The number of carbonyl (C=O) groups is 4. The van der Waals surface area contributed by atoms with E-state index in [1.165, 1.54) is 43.5 Å². The van der Waals surface area contributed by atoms with E-state index in [-0.39, 0.29) is 23.4 Å². The highest BCUT2D eigenvalue weighted by molar-refractivity contribution is 6.02. The number of methoxy groups -OCH3 is 1. The van der Waals surface area contributed by atoms with Crippen molar-refractivity contribution in [3.8, 4) is 5.75 Å². The van der Waals surface area contributed by atoms with Gasteiger partial charge in [-0.2, -0.15) is 0 Å². The minimum Gasteiger partial charge on any atom is -0.484 e. The number of carbonyl (C=O) groups excluding carboxylic acids is 4. The van der Waals surface area contributed by atoms with Crippen molar-refractivity contribution in [2.45, 2.75) is 0 Å². The summed E-state index contributed by atoms with van der Waals surface area (Å²) in [6.07, 6.45) is 0. The number of hydrogen-bond acceptors (Lipinski definition) is 7. The Bertz CT molecular complexity index is 878. The van der Waals surface area contributed by atoms with Crippen LogP contribution in [0.1, 0.15) is 20.7 Å². The first-order valence-electron chi connectivity index (χ1n) is 8.06. The monoisotopic (exact) mass is 386 g/mol. The topological polar surface area (TPSA) is 134 Å². The zero-order chi connectivity index (χ0) is 20.5. The maximum absolute atomic E-state index is 12.0. The van der Waals surface area contributed by atoms with Crippen molar-refractivity contribution in [2.24, 2.45) is 5.73 Å². The average Bonchev–Trinajstić information content (AvgIpc) is 2.70. The second kappa shape index (κ2) is 9.72. The van der Waals surface area contributed by atoms with Crippen molar-refractivity contribution in [1.29, 1.82) is 0 Å². The number of rotatable bonds is 8. The highest BCUT2D eigenvalue weighted by atomic mass is 16.5. The lowest BCUT2D eigenvalue weighted by Crippen LogP contribution is -2.22. The van der Waals surface area contributed by atoms with Crippen LogP contribution in [0.4, 0.5) is 5.69 Å². The molecule has 0 aliphatic carbocycles. The van der Waals surface area contributed by atoms with Gasteiger partial charge in [0.1, 0.15) is 5.75 Å². The molecule has 28 heavy (non-hydrogen) atoms. The van der Waals surface area contributed by atoms with Crippen LogP contribution in [0.15, 0.2) is 48.5 Å². The average molecular weight is 386 g/mol. The smallest absolute Gasteiger partial charge is 0.339 e. The van der Waals surface area contributed by atoms with Crippen molar-refractivity contribution >= 4 is 29.4 Å². The number of nitrogens with two attached hydrogens (primary N) is 1. The van der Waals surface area contributed by atoms with Gasteiger partial charge in [0, 0.05) is 0 Å². The van der Waals surface area contributed by atoms with Crippen molar-refractivity contribution in [3.05, 3.63) is 59.7 Å². The van der Waals surface area contributed by atoms with E-state index in [1.807, 2.05) is 0 Å². The summed E-state index contributed by atoms with van der Waals surface area (Å²) in [6.45, 7) is -0.828. The largest absolute Gasteiger partial charge is 0.484 e. The first-order valence-corrected chi connectivity index (χ1v) is 8.06. The molecule has 0 atom stereocenters. The Morgan fingerprint density at radius 3 is 2.25 bits per heavy atom. The van der Waals surface area contributed by atoms with Crippen LogP contribution >= 0.6 is 0 Å². The van der Waals surface area contributed by atoms with E-state index in [9.17, 15) is 19.2 Å². The highest BCUT2D eigenvalue weighted by Gasteiger charge is 2.15. The number of hydrogen-bond donors (Lipinski definition) is 2. The minimum atomic E-state index is -0.724. The van der Waals surface area contributed by atoms with E-state index in [0.29, 0.717) is 5.75 Å². The van der Waals surface area contributed by atoms with Crippen molar-refractivity contribution < 1.29 is 33.4 Å². The van der Waals surface area contributed by atoms with Gasteiger partial charge >= 0.3 is 11.9 Å². The molecule has 9 nitrogen and oxygen atoms in total. The summed E-state index contributed by atoms with van der Waals surface area (Å²) >= 11 is 0. The van der Waals surface area contributed by atoms with Gasteiger partial charge in [0.05, 0.1) is 23.9 Å². The molecule has 0 aromatic heterocycles. The van der Waals surface area contributed by atoms with Gasteiger partial charge in [-0.05, 0) is 36.4 Å². The zero-order valence-corrected chi connectivity index (χ0v) is 15.0. The fourth-order valence-corrected chi connectivity index (χ4v) is 2.12. The Morgan fingerprint density at radius 1 is 0.929 bits per heavy atom. The fraction of sp³-hybridized carbons (Fsp3) is 0.158. The van der Waals surface area contributed by atoms with Crippen molar-refractivity contribution in [1.82, 2.24) is 0 Å². The lowest BCUT2D eigenvalue weighted by molar-refractivity contribution is -0.120. The van der Waals surface area contributed by atoms with Gasteiger partial charge in [0.2, 0.25) is 0 Å². The number of anilines is 1. The van der Waals surface area contributed by atoms with Crippen LogP contribution < -0.4 is 15.8 Å². The van der Waals surface area contributed by atoms with E-state index >= 15 is 0 Å². The number of nitrogens with one attached hydrogen (secondary N) is 1. The molecule has 2 aromatic carbocycles. The summed E-state index contributed by atoms with van der Waals surface area (Å²) in [6, 6.07) is 12.0. The molecule has 0 unspecified atom stereocenters. The second-order valence-electron chi connectivity index (χ2n) is 5.44. The maximum atomic E-state index is 12.0. The van der Waals surface area contributed by atoms with Crippen LogP contribution in [0.2, 0.25) is 0 Å². The van der Waals surface area contributed by atoms with Crippen LogP contribution in [-0.4, -0.2) is 44.1 Å². The summed E-state index contributed by atoms with van der Waals surface area (Å²) in [5.74, 6) is -2.22. The number of benzene rings is 2. The Labute approximate surface area is 160 Å². The number of primary amides is 1. The van der Waals surface area contributed by atoms with Gasteiger partial charge in [-0.25, -0.2) is 9.59 Å². The van der Waals surface area contributed by atoms with Crippen molar-refractivity contribution in [2.75, 3.05) is 25.6 Å². The lowest BCUT2D eigenvalue weighted by Gasteiger charge is -2.10. The Balaban J connectivity index is 1.90. The van der Waals surface area contributed by atoms with E-state index in [1.54, 1.807) is 12.1 Å². The van der Waals surface area contributed by atoms with Gasteiger partial charge < -0.3 is 25.3 Å².